The monoisotopic (exact) mass is 293 g/mol. The van der Waals surface area contributed by atoms with Crippen LogP contribution in [0.3, 0.4) is 0 Å². The van der Waals surface area contributed by atoms with Crippen LogP contribution in [0.2, 0.25) is 0 Å². The van der Waals surface area contributed by atoms with Crippen molar-refractivity contribution in [3.8, 4) is 0 Å². The molecule has 1 rings (SSSR count). The number of anilines is 2. The van der Waals surface area contributed by atoms with Crippen molar-refractivity contribution >= 4 is 40.4 Å². The number of carbonyl (C=O) groups excluding carboxylic acids is 2. The third-order valence-electron chi connectivity index (χ3n) is 3.22. The molecule has 20 heavy (non-hydrogen) atoms. The molecule has 0 aliphatic carbocycles. The molecule has 6 heteroatoms. The van der Waals surface area contributed by atoms with Crippen molar-refractivity contribution in [2.75, 3.05) is 10.6 Å². The Bertz CT molecular complexity index is 528. The van der Waals surface area contributed by atoms with Crippen molar-refractivity contribution in [2.45, 2.75) is 27.2 Å². The van der Waals surface area contributed by atoms with Gasteiger partial charge in [0.2, 0.25) is 11.8 Å². The smallest absolute Gasteiger partial charge is 0.237 e. The molecule has 0 heterocycles. The molecule has 0 aliphatic rings. The molecule has 0 aromatic heterocycles. The summed E-state index contributed by atoms with van der Waals surface area (Å²) in [5.74, 6) is -0.381. The Kier molecular flexibility index (Phi) is 5.21. The lowest BCUT2D eigenvalue weighted by atomic mass is 9.86. The highest BCUT2D eigenvalue weighted by Gasteiger charge is 2.34. The molecular weight excluding hydrogens is 274 g/mol. The van der Waals surface area contributed by atoms with E-state index in [0.717, 1.165) is 0 Å². The van der Waals surface area contributed by atoms with E-state index in [2.05, 4.69) is 10.6 Å². The molecular formula is C14H19N3O2S. The number of hydrogen-bond donors (Lipinski definition) is 3. The van der Waals surface area contributed by atoms with Crippen molar-refractivity contribution in [2.24, 2.45) is 11.1 Å². The first-order valence-corrected chi connectivity index (χ1v) is 6.69. The van der Waals surface area contributed by atoms with Gasteiger partial charge >= 0.3 is 0 Å². The van der Waals surface area contributed by atoms with E-state index in [1.807, 2.05) is 6.92 Å². The molecule has 4 N–H and O–H groups in total. The quantitative estimate of drug-likeness (QED) is 0.727. The molecule has 0 saturated carbocycles. The SMILES string of the molecule is CCC(C)(C(=O)Nc1ccc(NC(C)=O)cc1)C(N)=S. The minimum Gasteiger partial charge on any atom is -0.392 e. The van der Waals surface area contributed by atoms with Gasteiger partial charge in [-0.3, -0.25) is 9.59 Å². The lowest BCUT2D eigenvalue weighted by Crippen LogP contribution is -2.43. The molecule has 0 bridgehead atoms. The Morgan fingerprint density at radius 3 is 2.00 bits per heavy atom. The molecule has 0 aliphatic heterocycles. The van der Waals surface area contributed by atoms with Crippen molar-refractivity contribution in [3.05, 3.63) is 24.3 Å². The second-order valence-electron chi connectivity index (χ2n) is 4.76. The Morgan fingerprint density at radius 1 is 1.20 bits per heavy atom. The van der Waals surface area contributed by atoms with E-state index in [0.29, 0.717) is 17.8 Å². The summed E-state index contributed by atoms with van der Waals surface area (Å²) in [6.07, 6.45) is 0.526. The van der Waals surface area contributed by atoms with Crippen LogP contribution in [0.5, 0.6) is 0 Å². The summed E-state index contributed by atoms with van der Waals surface area (Å²) in [5.41, 5.74) is 6.06. The summed E-state index contributed by atoms with van der Waals surface area (Å²) in [7, 11) is 0. The molecule has 108 valence electrons. The zero-order valence-corrected chi connectivity index (χ0v) is 12.6. The fourth-order valence-electron chi connectivity index (χ4n) is 1.56. The van der Waals surface area contributed by atoms with Crippen molar-refractivity contribution in [3.63, 3.8) is 0 Å². The average molecular weight is 293 g/mol. The first kappa shape index (κ1) is 16.1. The molecule has 1 aromatic rings. The maximum atomic E-state index is 12.2. The number of benzene rings is 1. The predicted molar refractivity (Wildman–Crippen MR) is 84.6 cm³/mol. The predicted octanol–water partition coefficient (Wildman–Crippen LogP) is 2.29. The number of nitrogens with one attached hydrogen (secondary N) is 2. The normalized spacial score (nSPS) is 13.2. The van der Waals surface area contributed by atoms with Crippen molar-refractivity contribution < 1.29 is 9.59 Å². The topological polar surface area (TPSA) is 84.2 Å². The Balaban J connectivity index is 2.81. The van der Waals surface area contributed by atoms with Crippen LogP contribution in [0, 0.1) is 5.41 Å². The van der Waals surface area contributed by atoms with Gasteiger partial charge in [0.1, 0.15) is 0 Å². The van der Waals surface area contributed by atoms with Gasteiger partial charge in [0.25, 0.3) is 0 Å². The fourth-order valence-corrected chi connectivity index (χ4v) is 1.79. The second kappa shape index (κ2) is 6.47. The van der Waals surface area contributed by atoms with E-state index >= 15 is 0 Å². The highest BCUT2D eigenvalue weighted by Crippen LogP contribution is 2.24. The minimum absolute atomic E-state index is 0.145. The van der Waals surface area contributed by atoms with Crippen LogP contribution in [0.25, 0.3) is 0 Å². The lowest BCUT2D eigenvalue weighted by Gasteiger charge is -2.25. The first-order valence-electron chi connectivity index (χ1n) is 6.28. The van der Waals surface area contributed by atoms with Crippen LogP contribution in [0.1, 0.15) is 27.2 Å². The lowest BCUT2D eigenvalue weighted by molar-refractivity contribution is -0.121. The third-order valence-corrected chi connectivity index (χ3v) is 3.67. The van der Waals surface area contributed by atoms with E-state index in [1.165, 1.54) is 6.92 Å². The van der Waals surface area contributed by atoms with Gasteiger partial charge in [-0.25, -0.2) is 0 Å². The van der Waals surface area contributed by atoms with E-state index in [1.54, 1.807) is 31.2 Å². The molecule has 0 fully saturated rings. The van der Waals surface area contributed by atoms with Crippen LogP contribution in [-0.2, 0) is 9.59 Å². The van der Waals surface area contributed by atoms with Gasteiger partial charge in [-0.2, -0.15) is 0 Å². The molecule has 1 aromatic carbocycles. The molecule has 2 amide bonds. The third kappa shape index (κ3) is 3.77. The zero-order chi connectivity index (χ0) is 15.3. The average Bonchev–Trinajstić information content (AvgIpc) is 2.39. The molecule has 0 spiro atoms. The minimum atomic E-state index is -0.869. The van der Waals surface area contributed by atoms with Gasteiger partial charge in [-0.1, -0.05) is 19.1 Å². The van der Waals surface area contributed by atoms with E-state index < -0.39 is 5.41 Å². The van der Waals surface area contributed by atoms with Gasteiger partial charge < -0.3 is 16.4 Å². The second-order valence-corrected chi connectivity index (χ2v) is 5.20. The standard InChI is InChI=1S/C14H19N3O2S/c1-4-14(3,12(15)20)13(19)17-11-7-5-10(6-8-11)16-9(2)18/h5-8H,4H2,1-3H3,(H2,15,20)(H,16,18)(H,17,19). The summed E-state index contributed by atoms with van der Waals surface area (Å²) in [6, 6.07) is 6.83. The number of carbonyl (C=O) groups is 2. The van der Waals surface area contributed by atoms with Crippen LogP contribution in [0.4, 0.5) is 11.4 Å². The summed E-state index contributed by atoms with van der Waals surface area (Å²) in [6.45, 7) is 5.01. The first-order chi connectivity index (χ1) is 9.29. The number of amides is 2. The number of thiocarbonyl (C=S) groups is 1. The molecule has 0 radical (unpaired) electrons. The zero-order valence-electron chi connectivity index (χ0n) is 11.8. The van der Waals surface area contributed by atoms with E-state index in [-0.39, 0.29) is 16.8 Å². The highest BCUT2D eigenvalue weighted by atomic mass is 32.1. The molecule has 1 atom stereocenters. The Hall–Kier alpha value is -1.95. The largest absolute Gasteiger partial charge is 0.392 e. The van der Waals surface area contributed by atoms with Gasteiger partial charge in [-0.15, -0.1) is 0 Å². The van der Waals surface area contributed by atoms with Crippen LogP contribution >= 0.6 is 12.2 Å². The molecule has 5 nitrogen and oxygen atoms in total. The maximum Gasteiger partial charge on any atom is 0.237 e. The van der Waals surface area contributed by atoms with Crippen molar-refractivity contribution in [1.82, 2.24) is 0 Å². The van der Waals surface area contributed by atoms with Crippen molar-refractivity contribution in [1.29, 1.82) is 0 Å². The summed E-state index contributed by atoms with van der Waals surface area (Å²) < 4.78 is 0. The number of hydrogen-bond acceptors (Lipinski definition) is 3. The van der Waals surface area contributed by atoms with Crippen LogP contribution < -0.4 is 16.4 Å². The summed E-state index contributed by atoms with van der Waals surface area (Å²) in [5, 5.41) is 5.43. The Morgan fingerprint density at radius 2 is 1.65 bits per heavy atom. The Labute approximate surface area is 123 Å². The molecule has 1 unspecified atom stereocenters. The fraction of sp³-hybridized carbons (Fsp3) is 0.357. The van der Waals surface area contributed by atoms with E-state index in [4.69, 9.17) is 18.0 Å². The van der Waals surface area contributed by atoms with E-state index in [9.17, 15) is 9.59 Å². The van der Waals surface area contributed by atoms with Crippen LogP contribution in [-0.4, -0.2) is 16.8 Å². The number of nitrogens with two attached hydrogens (primary N) is 1. The van der Waals surface area contributed by atoms with Gasteiger partial charge in [-0.05, 0) is 37.6 Å². The van der Waals surface area contributed by atoms with Gasteiger partial charge in [0.05, 0.1) is 10.4 Å². The number of rotatable bonds is 5. The van der Waals surface area contributed by atoms with Gasteiger partial charge in [0, 0.05) is 18.3 Å². The summed E-state index contributed by atoms with van der Waals surface area (Å²) in [4.78, 5) is 23.3. The van der Waals surface area contributed by atoms with Crippen LogP contribution in [0.15, 0.2) is 24.3 Å². The van der Waals surface area contributed by atoms with Gasteiger partial charge in [0.15, 0.2) is 0 Å². The maximum absolute atomic E-state index is 12.2. The summed E-state index contributed by atoms with van der Waals surface area (Å²) >= 11 is 4.96. The highest BCUT2D eigenvalue weighted by molar-refractivity contribution is 7.80. The molecule has 0 saturated heterocycles.